The van der Waals surface area contributed by atoms with E-state index < -0.39 is 18.6 Å². The summed E-state index contributed by atoms with van der Waals surface area (Å²) in [6.07, 6.45) is 18.3. The van der Waals surface area contributed by atoms with Gasteiger partial charge in [0.25, 0.3) is 0 Å². The number of carboxylic acid groups (broad SMARTS) is 1. The van der Waals surface area contributed by atoms with Gasteiger partial charge in [0.15, 0.2) is 0 Å². The summed E-state index contributed by atoms with van der Waals surface area (Å²) in [6, 6.07) is 11.0. The average Bonchev–Trinajstić information content (AvgIpc) is 3.42. The Hall–Kier alpha value is -4.09. The number of hydrogen-bond donors (Lipinski definition) is 3. The number of nitriles is 1. The third-order valence-electron chi connectivity index (χ3n) is 8.99. The molecular weight excluding hydrogens is 588 g/mol. The number of aliphatic hydroxyl groups is 1. The minimum atomic E-state index is -1.16. The van der Waals surface area contributed by atoms with Crippen molar-refractivity contribution in [3.05, 3.63) is 117 Å². The van der Waals surface area contributed by atoms with E-state index in [-0.39, 0.29) is 24.7 Å². The molecule has 3 aliphatic carbocycles. The lowest BCUT2D eigenvalue weighted by Crippen LogP contribution is -2.39. The fourth-order valence-electron chi connectivity index (χ4n) is 6.21. The largest absolute Gasteiger partial charge is 0.488 e. The highest BCUT2D eigenvalue weighted by atomic mass is 35.5. The average molecular weight is 627 g/mol. The quantitative estimate of drug-likeness (QED) is 0.242. The second-order valence-corrected chi connectivity index (χ2v) is 12.3. The maximum atomic E-state index is 11.5. The van der Waals surface area contributed by atoms with E-state index in [2.05, 4.69) is 61.7 Å². The Morgan fingerprint density at radius 3 is 2.84 bits per heavy atom. The van der Waals surface area contributed by atoms with Gasteiger partial charge in [-0.1, -0.05) is 72.7 Å². The zero-order valence-electron chi connectivity index (χ0n) is 25.7. The van der Waals surface area contributed by atoms with Gasteiger partial charge in [0, 0.05) is 23.6 Å². The number of nitrogens with one attached hydrogen (secondary N) is 1. The summed E-state index contributed by atoms with van der Waals surface area (Å²) in [5.41, 5.74) is 7.13. The van der Waals surface area contributed by atoms with Crippen molar-refractivity contribution < 1.29 is 24.5 Å². The van der Waals surface area contributed by atoms with Gasteiger partial charge in [-0.2, -0.15) is 5.26 Å². The van der Waals surface area contributed by atoms with Gasteiger partial charge in [-0.3, -0.25) is 10.1 Å². The Morgan fingerprint density at radius 2 is 2.09 bits per heavy atom. The third kappa shape index (κ3) is 7.26. The van der Waals surface area contributed by atoms with E-state index in [0.717, 1.165) is 43.2 Å². The molecule has 2 aromatic carbocycles. The standard InChI is InChI=1S/C37H39ClN2O5/c1-24-9-6-7-16-37(24,2)30-13-8-12-29-28(30)14-15-33(29)45-35-19-34(27(18-31(35)38)21-40-32(22-41)36(42)43)44-23-26-11-5-3-4-10-25(17-26)20-39/h4,6-13,17-19,32-33,40-41H,3,5,14-16,21-23H2,1-2H3,(H,42,43)/t32-,33-,37?/m0/s1. The highest BCUT2D eigenvalue weighted by Gasteiger charge is 2.35. The van der Waals surface area contributed by atoms with Gasteiger partial charge in [0.05, 0.1) is 23.3 Å². The first-order valence-corrected chi connectivity index (χ1v) is 15.7. The van der Waals surface area contributed by atoms with Crippen LogP contribution in [0.1, 0.15) is 67.9 Å². The number of aliphatic hydroxyl groups excluding tert-OH is 1. The van der Waals surface area contributed by atoms with E-state index >= 15 is 0 Å². The Labute approximate surface area is 269 Å². The van der Waals surface area contributed by atoms with Crippen molar-refractivity contribution in [3.63, 3.8) is 0 Å². The maximum Gasteiger partial charge on any atom is 0.323 e. The van der Waals surface area contributed by atoms with Crippen molar-refractivity contribution in [2.24, 2.45) is 0 Å². The van der Waals surface area contributed by atoms with Crippen LogP contribution in [0.2, 0.25) is 5.02 Å². The van der Waals surface area contributed by atoms with Crippen molar-refractivity contribution in [2.75, 3.05) is 13.2 Å². The van der Waals surface area contributed by atoms with Gasteiger partial charge in [0.2, 0.25) is 0 Å². The molecule has 0 radical (unpaired) electrons. The fraction of sp³-hybridized carbons (Fsp3) is 0.351. The maximum absolute atomic E-state index is 11.5. The van der Waals surface area contributed by atoms with Gasteiger partial charge in [-0.25, -0.2) is 0 Å². The Kier molecular flexibility index (Phi) is 10.3. The fourth-order valence-corrected chi connectivity index (χ4v) is 6.44. The topological polar surface area (TPSA) is 112 Å². The number of fused-ring (bicyclic) bond motifs is 1. The summed E-state index contributed by atoms with van der Waals surface area (Å²) in [5, 5.41) is 31.6. The highest BCUT2D eigenvalue weighted by molar-refractivity contribution is 6.32. The van der Waals surface area contributed by atoms with Crippen LogP contribution in [0.25, 0.3) is 0 Å². The number of carboxylic acids is 1. The van der Waals surface area contributed by atoms with Crippen molar-refractivity contribution in [2.45, 2.75) is 70.1 Å². The van der Waals surface area contributed by atoms with E-state index in [9.17, 15) is 20.3 Å². The van der Waals surface area contributed by atoms with Gasteiger partial charge in [-0.15, -0.1) is 0 Å². The van der Waals surface area contributed by atoms with Gasteiger partial charge in [-0.05, 0) is 79.5 Å². The predicted octanol–water partition coefficient (Wildman–Crippen LogP) is 7.21. The molecule has 0 saturated carbocycles. The number of allylic oxidation sites excluding steroid dienone is 8. The normalized spacial score (nSPS) is 21.4. The SMILES string of the molecule is CC1=CC=CCC1(C)c1cccc2c1CC[C@@H]2Oc1cc(OCC2=CCCC=CC(C#N)=C2)c(CN[C@@H](CO)C(=O)O)cc1Cl. The molecule has 0 bridgehead atoms. The highest BCUT2D eigenvalue weighted by Crippen LogP contribution is 2.46. The molecule has 0 saturated heterocycles. The second-order valence-electron chi connectivity index (χ2n) is 11.9. The van der Waals surface area contributed by atoms with Gasteiger partial charge < -0.3 is 19.7 Å². The van der Waals surface area contributed by atoms with Gasteiger partial charge in [0.1, 0.15) is 30.3 Å². The third-order valence-corrected chi connectivity index (χ3v) is 9.29. The van der Waals surface area contributed by atoms with Crippen LogP contribution in [0.3, 0.4) is 0 Å². The zero-order valence-corrected chi connectivity index (χ0v) is 26.4. The van der Waals surface area contributed by atoms with Crippen LogP contribution in [0, 0.1) is 11.3 Å². The molecule has 7 nitrogen and oxygen atoms in total. The molecule has 0 aliphatic heterocycles. The number of benzene rings is 2. The minimum absolute atomic E-state index is 0.0635. The lowest BCUT2D eigenvalue weighted by Gasteiger charge is -2.34. The molecule has 3 aliphatic rings. The molecule has 0 heterocycles. The van der Waals surface area contributed by atoms with Crippen LogP contribution in [0.5, 0.6) is 11.5 Å². The number of aliphatic carboxylic acids is 1. The predicted molar refractivity (Wildman–Crippen MR) is 175 cm³/mol. The van der Waals surface area contributed by atoms with E-state index in [4.69, 9.17) is 21.1 Å². The molecule has 8 heteroatoms. The minimum Gasteiger partial charge on any atom is -0.488 e. The lowest BCUT2D eigenvalue weighted by molar-refractivity contribution is -0.140. The molecule has 1 unspecified atom stereocenters. The van der Waals surface area contributed by atoms with Gasteiger partial charge >= 0.3 is 5.97 Å². The number of carbonyl (C=O) groups is 1. The molecule has 3 N–H and O–H groups in total. The van der Waals surface area contributed by atoms with Crippen LogP contribution in [-0.4, -0.2) is 35.4 Å². The molecule has 0 spiro atoms. The van der Waals surface area contributed by atoms with Crippen molar-refractivity contribution in [3.8, 4) is 17.6 Å². The van der Waals surface area contributed by atoms with E-state index in [1.165, 1.54) is 16.7 Å². The number of nitrogens with zero attached hydrogens (tertiary/aromatic N) is 1. The second kappa shape index (κ2) is 14.3. The number of ether oxygens (including phenoxy) is 2. The monoisotopic (exact) mass is 626 g/mol. The van der Waals surface area contributed by atoms with Crippen LogP contribution in [-0.2, 0) is 23.2 Å². The summed E-state index contributed by atoms with van der Waals surface area (Å²) >= 11 is 6.79. The Balaban J connectivity index is 1.43. The molecule has 45 heavy (non-hydrogen) atoms. The summed E-state index contributed by atoms with van der Waals surface area (Å²) in [6.45, 7) is 4.25. The van der Waals surface area contributed by atoms with Crippen molar-refractivity contribution in [1.82, 2.24) is 5.32 Å². The summed E-state index contributed by atoms with van der Waals surface area (Å²) in [5.74, 6) is -0.207. The number of halogens is 1. The summed E-state index contributed by atoms with van der Waals surface area (Å²) < 4.78 is 12.9. The summed E-state index contributed by atoms with van der Waals surface area (Å²) in [7, 11) is 0. The first-order chi connectivity index (χ1) is 21.7. The Morgan fingerprint density at radius 1 is 1.24 bits per heavy atom. The molecule has 2 aromatic rings. The van der Waals surface area contributed by atoms with Crippen LogP contribution < -0.4 is 14.8 Å². The number of hydrogen-bond acceptors (Lipinski definition) is 6. The molecule has 0 amide bonds. The van der Waals surface area contributed by atoms with Crippen molar-refractivity contribution >= 4 is 17.6 Å². The molecule has 234 valence electrons. The van der Waals surface area contributed by atoms with Crippen LogP contribution in [0.4, 0.5) is 0 Å². The number of rotatable bonds is 11. The van der Waals surface area contributed by atoms with Crippen LogP contribution in [0.15, 0.2) is 89.6 Å². The van der Waals surface area contributed by atoms with Crippen molar-refractivity contribution in [1.29, 1.82) is 5.26 Å². The van der Waals surface area contributed by atoms with E-state index in [0.29, 0.717) is 27.7 Å². The molecule has 5 rings (SSSR count). The smallest absolute Gasteiger partial charge is 0.323 e. The molecule has 3 atom stereocenters. The van der Waals surface area contributed by atoms with Crippen LogP contribution >= 0.6 is 11.6 Å². The zero-order chi connectivity index (χ0) is 32.0. The molecule has 0 aromatic heterocycles. The Bertz CT molecular complexity index is 1650. The van der Waals surface area contributed by atoms with E-state index in [1.807, 2.05) is 18.2 Å². The first kappa shape index (κ1) is 32.3. The van der Waals surface area contributed by atoms with E-state index in [1.54, 1.807) is 18.2 Å². The molecule has 0 fully saturated rings. The lowest BCUT2D eigenvalue weighted by atomic mass is 9.70. The first-order valence-electron chi connectivity index (χ1n) is 15.4. The molecular formula is C37H39ClN2O5. The summed E-state index contributed by atoms with van der Waals surface area (Å²) in [4.78, 5) is 11.5.